The van der Waals surface area contributed by atoms with Crippen molar-refractivity contribution in [2.45, 2.75) is 0 Å². The van der Waals surface area contributed by atoms with Gasteiger partial charge in [0.1, 0.15) is 0 Å². The molecule has 4 heteroatoms. The number of hydrogen-bond donors (Lipinski definition) is 1. The lowest BCUT2D eigenvalue weighted by Crippen LogP contribution is -2.10. The number of halogens is 2. The Morgan fingerprint density at radius 2 is 1.88 bits per heavy atom. The van der Waals surface area contributed by atoms with E-state index in [4.69, 9.17) is 17.3 Å². The van der Waals surface area contributed by atoms with Crippen LogP contribution in [0.4, 0.5) is 0 Å². The van der Waals surface area contributed by atoms with E-state index >= 15 is 0 Å². The standard InChI is InChI=1S/C13H9BrClNO/c14-10-6-8(5-9(7-10)13(16)17)11-3-1-2-4-12(11)15/h1-7H,(H2,16,17). The largest absolute Gasteiger partial charge is 0.366 e. The third kappa shape index (κ3) is 2.68. The zero-order chi connectivity index (χ0) is 12.4. The van der Waals surface area contributed by atoms with Gasteiger partial charge in [0.2, 0.25) is 5.91 Å². The number of carbonyl (C=O) groups excluding carboxylic acids is 1. The third-order valence-electron chi connectivity index (χ3n) is 2.37. The number of primary amides is 1. The van der Waals surface area contributed by atoms with Gasteiger partial charge in [0.05, 0.1) is 0 Å². The summed E-state index contributed by atoms with van der Waals surface area (Å²) in [6.45, 7) is 0. The highest BCUT2D eigenvalue weighted by atomic mass is 79.9. The lowest BCUT2D eigenvalue weighted by molar-refractivity contribution is 0.100. The lowest BCUT2D eigenvalue weighted by Gasteiger charge is -2.06. The van der Waals surface area contributed by atoms with Crippen LogP contribution in [0.5, 0.6) is 0 Å². The molecule has 0 radical (unpaired) electrons. The average Bonchev–Trinajstić information content (AvgIpc) is 2.28. The van der Waals surface area contributed by atoms with E-state index in [0.717, 1.165) is 15.6 Å². The molecule has 0 atom stereocenters. The molecule has 0 unspecified atom stereocenters. The van der Waals surface area contributed by atoms with Crippen molar-refractivity contribution in [2.24, 2.45) is 5.73 Å². The van der Waals surface area contributed by atoms with E-state index in [-0.39, 0.29) is 0 Å². The summed E-state index contributed by atoms with van der Waals surface area (Å²) >= 11 is 9.46. The maximum atomic E-state index is 11.2. The molecule has 86 valence electrons. The summed E-state index contributed by atoms with van der Waals surface area (Å²) in [5.41, 5.74) is 7.46. The molecule has 2 aromatic rings. The molecule has 0 saturated heterocycles. The molecule has 2 nitrogen and oxygen atoms in total. The monoisotopic (exact) mass is 309 g/mol. The van der Waals surface area contributed by atoms with Gasteiger partial charge >= 0.3 is 0 Å². The van der Waals surface area contributed by atoms with Crippen LogP contribution in [0.1, 0.15) is 10.4 Å². The normalized spacial score (nSPS) is 10.2. The van der Waals surface area contributed by atoms with Gasteiger partial charge in [0.25, 0.3) is 0 Å². The predicted molar refractivity (Wildman–Crippen MR) is 73.1 cm³/mol. The van der Waals surface area contributed by atoms with Crippen LogP contribution >= 0.6 is 27.5 Å². The molecule has 0 heterocycles. The smallest absolute Gasteiger partial charge is 0.248 e. The second-order valence-electron chi connectivity index (χ2n) is 3.57. The second-order valence-corrected chi connectivity index (χ2v) is 4.90. The summed E-state index contributed by atoms with van der Waals surface area (Å²) in [6, 6.07) is 12.8. The van der Waals surface area contributed by atoms with Gasteiger partial charge in [-0.15, -0.1) is 0 Å². The third-order valence-corrected chi connectivity index (χ3v) is 3.15. The first-order valence-corrected chi connectivity index (χ1v) is 6.10. The quantitative estimate of drug-likeness (QED) is 0.899. The highest BCUT2D eigenvalue weighted by Crippen LogP contribution is 2.30. The summed E-state index contributed by atoms with van der Waals surface area (Å²) < 4.78 is 0.795. The highest BCUT2D eigenvalue weighted by Gasteiger charge is 2.08. The molecule has 0 spiro atoms. The van der Waals surface area contributed by atoms with Crippen LogP contribution in [-0.4, -0.2) is 5.91 Å². The molecule has 2 N–H and O–H groups in total. The first kappa shape index (κ1) is 12.1. The summed E-state index contributed by atoms with van der Waals surface area (Å²) in [7, 11) is 0. The summed E-state index contributed by atoms with van der Waals surface area (Å²) in [5.74, 6) is -0.459. The van der Waals surface area contributed by atoms with E-state index in [1.165, 1.54) is 0 Å². The summed E-state index contributed by atoms with van der Waals surface area (Å²) in [4.78, 5) is 11.2. The Balaban J connectivity index is 2.60. The Hall–Kier alpha value is -1.32. The van der Waals surface area contributed by atoms with Crippen molar-refractivity contribution in [2.75, 3.05) is 0 Å². The Kier molecular flexibility index (Phi) is 3.50. The minimum atomic E-state index is -0.459. The average molecular weight is 311 g/mol. The van der Waals surface area contributed by atoms with Crippen molar-refractivity contribution in [1.82, 2.24) is 0 Å². The molecule has 0 saturated carbocycles. The van der Waals surface area contributed by atoms with Gasteiger partial charge in [-0.2, -0.15) is 0 Å². The minimum absolute atomic E-state index is 0.453. The van der Waals surface area contributed by atoms with E-state index < -0.39 is 5.91 Å². The van der Waals surface area contributed by atoms with Gasteiger partial charge in [0, 0.05) is 20.6 Å². The lowest BCUT2D eigenvalue weighted by atomic mass is 10.0. The van der Waals surface area contributed by atoms with Crippen molar-refractivity contribution in [3.05, 3.63) is 57.5 Å². The van der Waals surface area contributed by atoms with Crippen molar-refractivity contribution >= 4 is 33.4 Å². The van der Waals surface area contributed by atoms with Gasteiger partial charge < -0.3 is 5.73 Å². The van der Waals surface area contributed by atoms with Crippen molar-refractivity contribution < 1.29 is 4.79 Å². The fourth-order valence-corrected chi connectivity index (χ4v) is 2.32. The Morgan fingerprint density at radius 3 is 2.53 bits per heavy atom. The van der Waals surface area contributed by atoms with Crippen molar-refractivity contribution in [3.8, 4) is 11.1 Å². The molecule has 0 aromatic heterocycles. The number of rotatable bonds is 2. The van der Waals surface area contributed by atoms with Crippen molar-refractivity contribution in [3.63, 3.8) is 0 Å². The second kappa shape index (κ2) is 4.90. The van der Waals surface area contributed by atoms with E-state index in [2.05, 4.69) is 15.9 Å². The molecule has 1 amide bonds. The van der Waals surface area contributed by atoms with Crippen LogP contribution in [0.15, 0.2) is 46.9 Å². The molecule has 2 rings (SSSR count). The van der Waals surface area contributed by atoms with Crippen LogP contribution in [0, 0.1) is 0 Å². The van der Waals surface area contributed by atoms with Crippen molar-refractivity contribution in [1.29, 1.82) is 0 Å². The predicted octanol–water partition coefficient (Wildman–Crippen LogP) is 3.87. The van der Waals surface area contributed by atoms with Crippen LogP contribution < -0.4 is 5.73 Å². The first-order valence-electron chi connectivity index (χ1n) is 4.93. The first-order chi connectivity index (χ1) is 8.08. The summed E-state index contributed by atoms with van der Waals surface area (Å²) in [6.07, 6.45) is 0. The van der Waals surface area contributed by atoms with E-state index in [0.29, 0.717) is 10.6 Å². The molecule has 0 bridgehead atoms. The Labute approximate surface area is 113 Å². The molecule has 0 fully saturated rings. The van der Waals surface area contributed by atoms with Crippen LogP contribution in [0.25, 0.3) is 11.1 Å². The summed E-state index contributed by atoms with van der Waals surface area (Å²) in [5, 5.41) is 0.640. The molecule has 0 aliphatic heterocycles. The number of nitrogens with two attached hydrogens (primary N) is 1. The molecule has 0 aliphatic rings. The topological polar surface area (TPSA) is 43.1 Å². The van der Waals surface area contributed by atoms with Crippen LogP contribution in [-0.2, 0) is 0 Å². The van der Waals surface area contributed by atoms with Gasteiger partial charge in [0.15, 0.2) is 0 Å². The molecule has 17 heavy (non-hydrogen) atoms. The SMILES string of the molecule is NC(=O)c1cc(Br)cc(-c2ccccc2Cl)c1. The molecule has 2 aromatic carbocycles. The van der Waals surface area contributed by atoms with E-state index in [1.807, 2.05) is 30.3 Å². The number of benzene rings is 2. The molecule has 0 aliphatic carbocycles. The van der Waals surface area contributed by atoms with Gasteiger partial charge in [-0.05, 0) is 29.8 Å². The van der Waals surface area contributed by atoms with Gasteiger partial charge in [-0.1, -0.05) is 45.7 Å². The number of hydrogen-bond acceptors (Lipinski definition) is 1. The fraction of sp³-hybridized carbons (Fsp3) is 0. The fourth-order valence-electron chi connectivity index (χ4n) is 1.58. The zero-order valence-electron chi connectivity index (χ0n) is 8.78. The maximum absolute atomic E-state index is 11.2. The minimum Gasteiger partial charge on any atom is -0.366 e. The van der Waals surface area contributed by atoms with Gasteiger partial charge in [-0.25, -0.2) is 0 Å². The van der Waals surface area contributed by atoms with E-state index in [9.17, 15) is 4.79 Å². The van der Waals surface area contributed by atoms with E-state index in [1.54, 1.807) is 12.1 Å². The number of carbonyl (C=O) groups is 1. The highest BCUT2D eigenvalue weighted by molar-refractivity contribution is 9.10. The zero-order valence-corrected chi connectivity index (χ0v) is 11.1. The Morgan fingerprint density at radius 1 is 1.18 bits per heavy atom. The van der Waals surface area contributed by atoms with Crippen LogP contribution in [0.2, 0.25) is 5.02 Å². The Bertz CT molecular complexity index is 583. The van der Waals surface area contributed by atoms with Gasteiger partial charge in [-0.3, -0.25) is 4.79 Å². The molecular formula is C13H9BrClNO. The number of amides is 1. The maximum Gasteiger partial charge on any atom is 0.248 e. The van der Waals surface area contributed by atoms with Crippen LogP contribution in [0.3, 0.4) is 0 Å². The molecular weight excluding hydrogens is 302 g/mol.